The minimum Gasteiger partial charge on any atom is -0.480 e. The molecule has 1 atom stereocenters. The van der Waals surface area contributed by atoms with E-state index in [0.717, 1.165) is 11.3 Å². The van der Waals surface area contributed by atoms with Crippen LogP contribution in [0.3, 0.4) is 0 Å². The minimum atomic E-state index is -1.23. The van der Waals surface area contributed by atoms with E-state index in [0.29, 0.717) is 12.0 Å². The lowest BCUT2D eigenvalue weighted by atomic mass is 9.98. The maximum absolute atomic E-state index is 12.0. The Labute approximate surface area is 117 Å². The summed E-state index contributed by atoms with van der Waals surface area (Å²) in [4.78, 5) is 23.2. The van der Waals surface area contributed by atoms with Crippen molar-refractivity contribution in [1.29, 1.82) is 0 Å². The van der Waals surface area contributed by atoms with Gasteiger partial charge in [0.25, 0.3) is 5.91 Å². The van der Waals surface area contributed by atoms with Gasteiger partial charge in [0.1, 0.15) is 5.54 Å². The highest BCUT2D eigenvalue weighted by Gasteiger charge is 2.32. The highest BCUT2D eigenvalue weighted by atomic mass is 32.2. The molecule has 5 heteroatoms. The standard InChI is InChI=1S/C14H19NO3S/c1-4-14(2,13(17)18)15-12(16)11-7-5-10(6-8-11)9-19-3/h5-8H,4,9H2,1-3H3,(H,15,16)(H,17,18). The summed E-state index contributed by atoms with van der Waals surface area (Å²) in [6, 6.07) is 7.21. The van der Waals surface area contributed by atoms with Crippen molar-refractivity contribution in [2.24, 2.45) is 0 Å². The fraction of sp³-hybridized carbons (Fsp3) is 0.429. The normalized spacial score (nSPS) is 13.6. The number of aliphatic carboxylic acids is 1. The van der Waals surface area contributed by atoms with Gasteiger partial charge >= 0.3 is 5.97 Å². The molecule has 1 rings (SSSR count). The van der Waals surface area contributed by atoms with Gasteiger partial charge in [-0.15, -0.1) is 0 Å². The van der Waals surface area contributed by atoms with E-state index < -0.39 is 11.5 Å². The average molecular weight is 281 g/mol. The topological polar surface area (TPSA) is 66.4 Å². The SMILES string of the molecule is CCC(C)(NC(=O)c1ccc(CSC)cc1)C(=O)O. The average Bonchev–Trinajstić information content (AvgIpc) is 2.39. The number of hydrogen-bond donors (Lipinski definition) is 2. The van der Waals surface area contributed by atoms with Crippen LogP contribution in [0.5, 0.6) is 0 Å². The molecule has 0 saturated heterocycles. The highest BCUT2D eigenvalue weighted by Crippen LogP contribution is 2.13. The van der Waals surface area contributed by atoms with E-state index in [1.165, 1.54) is 6.92 Å². The van der Waals surface area contributed by atoms with Crippen molar-refractivity contribution in [1.82, 2.24) is 5.32 Å². The summed E-state index contributed by atoms with van der Waals surface area (Å²) in [5.41, 5.74) is 0.390. The molecule has 0 saturated carbocycles. The number of carboxylic acids is 1. The second kappa shape index (κ2) is 6.61. The van der Waals surface area contributed by atoms with Gasteiger partial charge in [-0.2, -0.15) is 11.8 Å². The van der Waals surface area contributed by atoms with Crippen LogP contribution in [0.25, 0.3) is 0 Å². The van der Waals surface area contributed by atoms with Crippen LogP contribution < -0.4 is 5.32 Å². The number of benzene rings is 1. The minimum absolute atomic E-state index is 0.332. The van der Waals surface area contributed by atoms with Crippen LogP contribution in [0.2, 0.25) is 0 Å². The molecule has 0 fully saturated rings. The van der Waals surface area contributed by atoms with Crippen molar-refractivity contribution in [3.8, 4) is 0 Å². The predicted octanol–water partition coefficient (Wildman–Crippen LogP) is 2.53. The third-order valence-corrected chi connectivity index (χ3v) is 3.72. The summed E-state index contributed by atoms with van der Waals surface area (Å²) < 4.78 is 0. The van der Waals surface area contributed by atoms with Gasteiger partial charge in [-0.3, -0.25) is 4.79 Å². The van der Waals surface area contributed by atoms with Crippen LogP contribution in [0.15, 0.2) is 24.3 Å². The molecular formula is C14H19NO3S. The summed E-state index contributed by atoms with van der Waals surface area (Å²) >= 11 is 1.71. The summed E-state index contributed by atoms with van der Waals surface area (Å²) in [5.74, 6) is -0.492. The maximum Gasteiger partial charge on any atom is 0.329 e. The second-order valence-electron chi connectivity index (χ2n) is 4.57. The molecule has 0 spiro atoms. The number of nitrogens with one attached hydrogen (secondary N) is 1. The zero-order chi connectivity index (χ0) is 14.5. The molecule has 0 heterocycles. The van der Waals surface area contributed by atoms with Gasteiger partial charge in [0.15, 0.2) is 0 Å². The first-order valence-corrected chi connectivity index (χ1v) is 7.46. The molecule has 19 heavy (non-hydrogen) atoms. The Morgan fingerprint density at radius 2 is 1.89 bits per heavy atom. The lowest BCUT2D eigenvalue weighted by Gasteiger charge is -2.24. The van der Waals surface area contributed by atoms with E-state index in [-0.39, 0.29) is 5.91 Å². The molecule has 0 aromatic heterocycles. The van der Waals surface area contributed by atoms with Crippen LogP contribution in [0.1, 0.15) is 36.2 Å². The molecule has 1 unspecified atom stereocenters. The molecule has 0 aliphatic rings. The maximum atomic E-state index is 12.0. The van der Waals surface area contributed by atoms with Gasteiger partial charge in [0.2, 0.25) is 0 Å². The summed E-state index contributed by atoms with van der Waals surface area (Å²) in [6.45, 7) is 3.24. The Morgan fingerprint density at radius 3 is 2.32 bits per heavy atom. The Kier molecular flexibility index (Phi) is 5.42. The van der Waals surface area contributed by atoms with Crippen LogP contribution in [0, 0.1) is 0 Å². The summed E-state index contributed by atoms with van der Waals surface area (Å²) in [7, 11) is 0. The second-order valence-corrected chi connectivity index (χ2v) is 5.44. The van der Waals surface area contributed by atoms with Crippen molar-refractivity contribution in [2.45, 2.75) is 31.6 Å². The van der Waals surface area contributed by atoms with Gasteiger partial charge in [-0.05, 0) is 37.3 Å². The third kappa shape index (κ3) is 3.99. The van der Waals surface area contributed by atoms with Gasteiger partial charge in [0, 0.05) is 11.3 Å². The molecule has 0 aliphatic heterocycles. The molecule has 4 nitrogen and oxygen atoms in total. The van der Waals surface area contributed by atoms with Gasteiger partial charge < -0.3 is 10.4 Å². The first-order chi connectivity index (χ1) is 8.92. The smallest absolute Gasteiger partial charge is 0.329 e. The highest BCUT2D eigenvalue weighted by molar-refractivity contribution is 7.97. The van der Waals surface area contributed by atoms with Crippen molar-refractivity contribution in [3.63, 3.8) is 0 Å². The van der Waals surface area contributed by atoms with E-state index in [2.05, 4.69) is 5.32 Å². The van der Waals surface area contributed by atoms with E-state index in [9.17, 15) is 9.59 Å². The van der Waals surface area contributed by atoms with E-state index in [1.54, 1.807) is 30.8 Å². The number of rotatable bonds is 6. The molecule has 0 aliphatic carbocycles. The predicted molar refractivity (Wildman–Crippen MR) is 77.5 cm³/mol. The van der Waals surface area contributed by atoms with Crippen molar-refractivity contribution in [2.75, 3.05) is 6.26 Å². The van der Waals surface area contributed by atoms with Crippen LogP contribution in [-0.4, -0.2) is 28.8 Å². The third-order valence-electron chi connectivity index (χ3n) is 3.10. The lowest BCUT2D eigenvalue weighted by Crippen LogP contribution is -2.51. The molecular weight excluding hydrogens is 262 g/mol. The largest absolute Gasteiger partial charge is 0.480 e. The Balaban J connectivity index is 2.80. The molecule has 0 bridgehead atoms. The number of carbonyl (C=O) groups excluding carboxylic acids is 1. The Bertz CT molecular complexity index is 458. The zero-order valence-electron chi connectivity index (χ0n) is 11.4. The van der Waals surface area contributed by atoms with Crippen molar-refractivity contribution < 1.29 is 14.7 Å². The molecule has 0 radical (unpaired) electrons. The molecule has 1 aromatic carbocycles. The van der Waals surface area contributed by atoms with Crippen LogP contribution in [-0.2, 0) is 10.5 Å². The first-order valence-electron chi connectivity index (χ1n) is 6.06. The van der Waals surface area contributed by atoms with E-state index in [4.69, 9.17) is 5.11 Å². The lowest BCUT2D eigenvalue weighted by molar-refractivity contribution is -0.143. The van der Waals surface area contributed by atoms with Gasteiger partial charge in [-0.1, -0.05) is 19.1 Å². The summed E-state index contributed by atoms with van der Waals surface area (Å²) in [6.07, 6.45) is 2.35. The fourth-order valence-electron chi connectivity index (χ4n) is 1.53. The first kappa shape index (κ1) is 15.6. The Morgan fingerprint density at radius 1 is 1.32 bits per heavy atom. The monoisotopic (exact) mass is 281 g/mol. The van der Waals surface area contributed by atoms with Gasteiger partial charge in [0.05, 0.1) is 0 Å². The number of amides is 1. The summed E-state index contributed by atoms with van der Waals surface area (Å²) in [5, 5.41) is 11.7. The van der Waals surface area contributed by atoms with Crippen LogP contribution in [0.4, 0.5) is 0 Å². The van der Waals surface area contributed by atoms with Gasteiger partial charge in [-0.25, -0.2) is 4.79 Å². The number of hydrogen-bond acceptors (Lipinski definition) is 3. The fourth-order valence-corrected chi connectivity index (χ4v) is 2.06. The molecule has 104 valence electrons. The van der Waals surface area contributed by atoms with E-state index in [1.807, 2.05) is 18.4 Å². The van der Waals surface area contributed by atoms with Crippen LogP contribution >= 0.6 is 11.8 Å². The molecule has 1 aromatic rings. The molecule has 1 amide bonds. The number of thioether (sulfide) groups is 1. The number of carbonyl (C=O) groups is 2. The number of carboxylic acid groups (broad SMARTS) is 1. The molecule has 2 N–H and O–H groups in total. The quantitative estimate of drug-likeness (QED) is 0.841. The Hall–Kier alpha value is -1.49. The van der Waals surface area contributed by atoms with E-state index >= 15 is 0 Å². The van der Waals surface area contributed by atoms with Crippen molar-refractivity contribution in [3.05, 3.63) is 35.4 Å². The zero-order valence-corrected chi connectivity index (χ0v) is 12.2. The van der Waals surface area contributed by atoms with Crippen molar-refractivity contribution >= 4 is 23.6 Å².